The van der Waals surface area contributed by atoms with E-state index in [0.29, 0.717) is 31.2 Å². The van der Waals surface area contributed by atoms with Crippen molar-refractivity contribution in [3.63, 3.8) is 0 Å². The highest BCUT2D eigenvalue weighted by molar-refractivity contribution is 5.99. The zero-order valence-electron chi connectivity index (χ0n) is 17.6. The van der Waals surface area contributed by atoms with Gasteiger partial charge in [0.25, 0.3) is 0 Å². The number of ether oxygens (including phenoxy) is 1. The number of para-hydroxylation sites is 1. The second-order valence-electron chi connectivity index (χ2n) is 8.25. The molecule has 1 saturated heterocycles. The van der Waals surface area contributed by atoms with Gasteiger partial charge in [0, 0.05) is 19.0 Å². The van der Waals surface area contributed by atoms with E-state index in [1.807, 2.05) is 0 Å². The molecule has 8 nitrogen and oxygen atoms in total. The van der Waals surface area contributed by atoms with Gasteiger partial charge in [0.05, 0.1) is 17.1 Å². The first-order chi connectivity index (χ1) is 14.5. The minimum absolute atomic E-state index is 0.0192. The second kappa shape index (κ2) is 10.5. The molecule has 30 heavy (non-hydrogen) atoms. The van der Waals surface area contributed by atoms with Gasteiger partial charge in [0.2, 0.25) is 5.91 Å². The number of piperidine rings is 1. The molecule has 164 valence electrons. The number of nitro groups is 1. The molecule has 1 aromatic rings. The molecule has 1 heterocycles. The van der Waals surface area contributed by atoms with Gasteiger partial charge in [0.15, 0.2) is 11.5 Å². The maximum absolute atomic E-state index is 12.4. The molecule has 0 aromatic heterocycles. The Morgan fingerprint density at radius 2 is 1.97 bits per heavy atom. The van der Waals surface area contributed by atoms with Crippen LogP contribution in [0.3, 0.4) is 0 Å². The third kappa shape index (κ3) is 5.56. The van der Waals surface area contributed by atoms with E-state index in [1.165, 1.54) is 44.7 Å². The number of benzene rings is 1. The molecule has 0 bridgehead atoms. The predicted octanol–water partition coefficient (Wildman–Crippen LogP) is 4.03. The first-order valence-electron chi connectivity index (χ1n) is 10.9. The lowest BCUT2D eigenvalue weighted by molar-refractivity contribution is -0.386. The summed E-state index contributed by atoms with van der Waals surface area (Å²) in [5.41, 5.74) is 2.84. The summed E-state index contributed by atoms with van der Waals surface area (Å²) in [5, 5.41) is 13.5. The van der Waals surface area contributed by atoms with Crippen molar-refractivity contribution < 1.29 is 19.2 Å². The minimum Gasteiger partial charge on any atom is -0.487 e. The van der Waals surface area contributed by atoms with E-state index in [2.05, 4.69) is 10.4 Å². The van der Waals surface area contributed by atoms with Crippen molar-refractivity contribution in [3.8, 4) is 5.75 Å². The van der Waals surface area contributed by atoms with Gasteiger partial charge >= 0.3 is 5.69 Å². The van der Waals surface area contributed by atoms with E-state index in [-0.39, 0.29) is 35.3 Å². The second-order valence-corrected chi connectivity index (χ2v) is 8.25. The monoisotopic (exact) mass is 417 g/mol. The number of unbranched alkanes of at least 4 members (excludes halogenated alkanes) is 1. The van der Waals surface area contributed by atoms with Crippen molar-refractivity contribution in [2.45, 2.75) is 70.8 Å². The molecule has 1 aromatic carbocycles. The Bertz CT molecular complexity index is 780. The predicted molar refractivity (Wildman–Crippen MR) is 112 cm³/mol. The number of carbonyl (C=O) groups excluding carboxylic acids is 2. The molecule has 3 rings (SSSR count). The van der Waals surface area contributed by atoms with Crippen LogP contribution >= 0.6 is 0 Å². The van der Waals surface area contributed by atoms with Crippen LogP contribution in [-0.4, -0.2) is 40.8 Å². The van der Waals surface area contributed by atoms with Crippen molar-refractivity contribution in [3.05, 3.63) is 33.9 Å². The molecule has 2 atom stereocenters. The quantitative estimate of drug-likeness (QED) is 0.282. The van der Waals surface area contributed by atoms with Crippen molar-refractivity contribution >= 4 is 17.4 Å². The van der Waals surface area contributed by atoms with E-state index in [0.717, 1.165) is 19.4 Å². The number of hydrogen-bond acceptors (Lipinski definition) is 6. The summed E-state index contributed by atoms with van der Waals surface area (Å²) in [7, 11) is 0. The molecule has 2 fully saturated rings. The number of carbonyl (C=O) groups is 2. The zero-order chi connectivity index (χ0) is 21.5. The number of fused-ring (bicyclic) bond motifs is 1. The van der Waals surface area contributed by atoms with Crippen LogP contribution in [0.25, 0.3) is 0 Å². The summed E-state index contributed by atoms with van der Waals surface area (Å²) in [6.45, 7) is 2.47. The maximum atomic E-state index is 12.4. The number of rotatable bonds is 9. The van der Waals surface area contributed by atoms with Crippen molar-refractivity contribution in [2.24, 2.45) is 5.92 Å². The molecule has 2 unspecified atom stereocenters. The highest BCUT2D eigenvalue weighted by Gasteiger charge is 2.33. The molecule has 2 aliphatic rings. The van der Waals surface area contributed by atoms with Crippen LogP contribution in [0.2, 0.25) is 0 Å². The lowest BCUT2D eigenvalue weighted by atomic mass is 9.79. The van der Waals surface area contributed by atoms with Crippen LogP contribution in [0.15, 0.2) is 18.2 Å². The number of nitro benzene ring substituents is 1. The summed E-state index contributed by atoms with van der Waals surface area (Å²) in [5.74, 6) is 0.448. The topological polar surface area (TPSA) is 102 Å². The first-order valence-corrected chi connectivity index (χ1v) is 10.9. The van der Waals surface area contributed by atoms with Crippen LogP contribution in [-0.2, 0) is 4.79 Å². The van der Waals surface area contributed by atoms with Gasteiger partial charge in [-0.05, 0) is 63.5 Å². The lowest BCUT2D eigenvalue weighted by Gasteiger charge is -2.43. The molecule has 0 radical (unpaired) electrons. The van der Waals surface area contributed by atoms with E-state index >= 15 is 0 Å². The SMILES string of the molecule is CC(=O)c1cccc(OCCCCC(=O)NN2CCCC3CCCCC32)c1[N+](=O)[O-]. The van der Waals surface area contributed by atoms with Crippen LogP contribution < -0.4 is 10.2 Å². The fourth-order valence-corrected chi connectivity index (χ4v) is 4.66. The number of Topliss-reactive ketones (excluding diaryl/α,β-unsaturated/α-hetero) is 1. The molecular weight excluding hydrogens is 386 g/mol. The first kappa shape index (κ1) is 22.2. The summed E-state index contributed by atoms with van der Waals surface area (Å²) < 4.78 is 5.56. The van der Waals surface area contributed by atoms with Gasteiger partial charge < -0.3 is 4.74 Å². The average molecular weight is 418 g/mol. The summed E-state index contributed by atoms with van der Waals surface area (Å²) in [4.78, 5) is 34.7. The Labute approximate surface area is 177 Å². The Hall–Kier alpha value is -2.48. The van der Waals surface area contributed by atoms with Crippen LogP contribution in [0.4, 0.5) is 5.69 Å². The van der Waals surface area contributed by atoms with E-state index in [9.17, 15) is 19.7 Å². The minimum atomic E-state index is -0.587. The molecule has 1 aliphatic carbocycles. The molecule has 0 spiro atoms. The average Bonchev–Trinajstić information content (AvgIpc) is 2.73. The highest BCUT2D eigenvalue weighted by atomic mass is 16.6. The normalized spacial score (nSPS) is 21.5. The third-order valence-electron chi connectivity index (χ3n) is 6.13. The number of amides is 1. The van der Waals surface area contributed by atoms with Crippen molar-refractivity contribution in [1.82, 2.24) is 10.4 Å². The van der Waals surface area contributed by atoms with Crippen LogP contribution in [0.1, 0.15) is 75.1 Å². The van der Waals surface area contributed by atoms with Gasteiger partial charge in [-0.1, -0.05) is 18.9 Å². The number of ketones is 1. The summed E-state index contributed by atoms with van der Waals surface area (Å²) in [6, 6.07) is 4.97. The third-order valence-corrected chi connectivity index (χ3v) is 6.13. The van der Waals surface area contributed by atoms with Gasteiger partial charge in [-0.2, -0.15) is 0 Å². The summed E-state index contributed by atoms with van der Waals surface area (Å²) in [6.07, 6.45) is 9.00. The standard InChI is InChI=1S/C22H31N3O5/c1-16(26)18-10-6-12-20(22(18)25(28)29)30-15-5-4-13-21(27)23-24-14-7-9-17-8-2-3-11-19(17)24/h6,10,12,17,19H,2-5,7-9,11,13-15H2,1H3,(H,23,27). The number of nitrogens with one attached hydrogen (secondary N) is 1. The molecule has 8 heteroatoms. The fourth-order valence-electron chi connectivity index (χ4n) is 4.66. The number of hydrogen-bond donors (Lipinski definition) is 1. The van der Waals surface area contributed by atoms with E-state index in [1.54, 1.807) is 6.07 Å². The van der Waals surface area contributed by atoms with Gasteiger partial charge in [-0.25, -0.2) is 5.01 Å². The van der Waals surface area contributed by atoms with Gasteiger partial charge in [-0.3, -0.25) is 25.1 Å². The van der Waals surface area contributed by atoms with Crippen LogP contribution in [0.5, 0.6) is 5.75 Å². The molecule has 1 saturated carbocycles. The Morgan fingerprint density at radius 1 is 1.20 bits per heavy atom. The summed E-state index contributed by atoms with van der Waals surface area (Å²) >= 11 is 0. The lowest BCUT2D eigenvalue weighted by Crippen LogP contribution is -2.55. The van der Waals surface area contributed by atoms with Crippen LogP contribution in [0, 0.1) is 16.0 Å². The van der Waals surface area contributed by atoms with Crippen molar-refractivity contribution in [2.75, 3.05) is 13.2 Å². The molecule has 1 amide bonds. The Morgan fingerprint density at radius 3 is 2.73 bits per heavy atom. The molecule has 1 N–H and O–H groups in total. The van der Waals surface area contributed by atoms with E-state index < -0.39 is 4.92 Å². The van der Waals surface area contributed by atoms with E-state index in [4.69, 9.17) is 4.74 Å². The zero-order valence-corrected chi connectivity index (χ0v) is 17.6. The Balaban J connectivity index is 1.42. The fraction of sp³-hybridized carbons (Fsp3) is 0.636. The maximum Gasteiger partial charge on any atom is 0.321 e. The molecular formula is C22H31N3O5. The van der Waals surface area contributed by atoms with Crippen molar-refractivity contribution in [1.29, 1.82) is 0 Å². The van der Waals surface area contributed by atoms with Gasteiger partial charge in [0.1, 0.15) is 0 Å². The number of hydrazine groups is 1. The van der Waals surface area contributed by atoms with Gasteiger partial charge in [-0.15, -0.1) is 0 Å². The molecule has 1 aliphatic heterocycles. The highest BCUT2D eigenvalue weighted by Crippen LogP contribution is 2.34. The Kier molecular flexibility index (Phi) is 7.79. The largest absolute Gasteiger partial charge is 0.487 e. The smallest absolute Gasteiger partial charge is 0.321 e. The number of nitrogens with zero attached hydrogens (tertiary/aromatic N) is 2.